The average molecular weight is 871 g/mol. The van der Waals surface area contributed by atoms with Gasteiger partial charge in [0.1, 0.15) is 0 Å². The number of rotatable bonds is 6. The minimum absolute atomic E-state index is 0.528. The van der Waals surface area contributed by atoms with Crippen LogP contribution in [-0.4, -0.2) is 16.1 Å². The number of thiophene rings is 2. The lowest BCUT2D eigenvalue weighted by atomic mass is 9.65. The highest BCUT2D eigenvalue weighted by molar-refractivity contribution is 7.32. The average Bonchev–Trinajstić information content (AvgIpc) is 4.01. The van der Waals surface area contributed by atoms with Gasteiger partial charge in [-0.1, -0.05) is 183 Å². The summed E-state index contributed by atoms with van der Waals surface area (Å²) < 4.78 is 5.98. The smallest absolute Gasteiger partial charge is 0.0904 e. The third-order valence-electron chi connectivity index (χ3n) is 14.1. The van der Waals surface area contributed by atoms with Crippen LogP contribution >= 0.6 is 22.7 Å². The first-order valence-electron chi connectivity index (χ1n) is 22.2. The second-order valence-electron chi connectivity index (χ2n) is 20.4. The Morgan fingerprint density at radius 3 is 0.903 bits per heavy atom. The molecule has 2 aliphatic rings. The maximum absolute atomic E-state index is 2.67. The van der Waals surface area contributed by atoms with Crippen LogP contribution in [0.2, 0.25) is 39.3 Å². The molecule has 0 amide bonds. The minimum Gasteiger partial charge on any atom is -0.145 e. The van der Waals surface area contributed by atoms with Crippen LogP contribution in [0.4, 0.5) is 0 Å². The molecule has 0 aliphatic heterocycles. The lowest BCUT2D eigenvalue weighted by molar-refractivity contribution is 0.765. The van der Waals surface area contributed by atoms with Gasteiger partial charge in [0.05, 0.1) is 27.0 Å². The van der Waals surface area contributed by atoms with Crippen molar-refractivity contribution in [2.45, 2.75) is 77.8 Å². The van der Waals surface area contributed by atoms with Crippen LogP contribution in [0.5, 0.6) is 0 Å². The van der Waals surface area contributed by atoms with Gasteiger partial charge in [0, 0.05) is 9.40 Å². The van der Waals surface area contributed by atoms with E-state index in [1.807, 2.05) is 0 Å². The van der Waals surface area contributed by atoms with Crippen molar-refractivity contribution in [1.82, 2.24) is 0 Å². The molecule has 0 spiro atoms. The molecule has 2 aliphatic carbocycles. The highest BCUT2D eigenvalue weighted by atomic mass is 32.1. The SMILES string of the molecule is Cc1ccc(C2(c3ccc(C)cc3)c3cc4c(cc3-c3ccc5cc([Si](C)(C)C)sc5c32)C(c2ccc(C)cc2)(c2ccc(C)cc2)c2c-4ccc3cc([Si](C)(C)C)sc23)cc1. The summed E-state index contributed by atoms with van der Waals surface area (Å²) in [5.74, 6) is 0. The number of fused-ring (bicyclic) bond motifs is 10. The van der Waals surface area contributed by atoms with Gasteiger partial charge in [-0.15, -0.1) is 22.7 Å². The minimum atomic E-state index is -1.62. The van der Waals surface area contributed by atoms with Gasteiger partial charge in [-0.2, -0.15) is 0 Å². The maximum Gasteiger partial charge on any atom is 0.0904 e. The highest BCUT2D eigenvalue weighted by Gasteiger charge is 2.53. The molecule has 0 radical (unpaired) electrons. The number of benzene rings is 7. The van der Waals surface area contributed by atoms with Crippen molar-refractivity contribution in [2.75, 3.05) is 0 Å². The van der Waals surface area contributed by atoms with E-state index in [0.717, 1.165) is 0 Å². The summed E-state index contributed by atoms with van der Waals surface area (Å²) in [5.41, 5.74) is 20.5. The van der Waals surface area contributed by atoms with Crippen LogP contribution in [0.15, 0.2) is 146 Å². The lowest BCUT2D eigenvalue weighted by Crippen LogP contribution is -2.34. The molecule has 0 saturated heterocycles. The zero-order valence-electron chi connectivity index (χ0n) is 37.7. The Hall–Kier alpha value is -5.11. The van der Waals surface area contributed by atoms with Gasteiger partial charge in [-0.3, -0.25) is 0 Å². The van der Waals surface area contributed by atoms with Crippen LogP contribution in [0.25, 0.3) is 42.4 Å². The molecule has 0 atom stereocenters. The van der Waals surface area contributed by atoms with E-state index in [-0.39, 0.29) is 0 Å². The Kier molecular flexibility index (Phi) is 8.77. The molecule has 2 aromatic heterocycles. The fraction of sp³-hybridized carbons (Fsp3) is 0.207. The summed E-state index contributed by atoms with van der Waals surface area (Å²) in [7, 11) is -3.23. The van der Waals surface area contributed by atoms with Crippen molar-refractivity contribution >= 4 is 68.0 Å². The second kappa shape index (κ2) is 13.7. The van der Waals surface area contributed by atoms with Gasteiger partial charge in [0.25, 0.3) is 0 Å². The normalized spacial score (nSPS) is 14.9. The molecule has 11 rings (SSSR count). The van der Waals surface area contributed by atoms with E-state index in [2.05, 4.69) is 235 Å². The van der Waals surface area contributed by atoms with Crippen molar-refractivity contribution in [3.8, 4) is 22.3 Å². The predicted molar refractivity (Wildman–Crippen MR) is 277 cm³/mol. The van der Waals surface area contributed by atoms with E-state index in [1.54, 1.807) is 9.00 Å². The van der Waals surface area contributed by atoms with Crippen LogP contribution < -0.4 is 9.00 Å². The summed E-state index contributed by atoms with van der Waals surface area (Å²) >= 11 is 4.13. The van der Waals surface area contributed by atoms with E-state index in [4.69, 9.17) is 0 Å². The Morgan fingerprint density at radius 1 is 0.339 bits per heavy atom. The quantitative estimate of drug-likeness (QED) is 0.146. The molecule has 62 heavy (non-hydrogen) atoms. The first-order chi connectivity index (χ1) is 29.6. The van der Waals surface area contributed by atoms with Crippen molar-refractivity contribution in [1.29, 1.82) is 0 Å². The molecular formula is C58H54S2Si2. The first-order valence-corrected chi connectivity index (χ1v) is 30.9. The van der Waals surface area contributed by atoms with E-state index >= 15 is 0 Å². The second-order valence-corrected chi connectivity index (χ2v) is 33.3. The van der Waals surface area contributed by atoms with Crippen LogP contribution in [0, 0.1) is 27.7 Å². The summed E-state index contributed by atoms with van der Waals surface area (Å²) in [5, 5.41) is 2.74. The molecule has 306 valence electrons. The van der Waals surface area contributed by atoms with Gasteiger partial charge in [-0.05, 0) is 138 Å². The third-order valence-corrected chi connectivity index (χ3v) is 23.6. The van der Waals surface area contributed by atoms with E-state index < -0.39 is 27.0 Å². The summed E-state index contributed by atoms with van der Waals surface area (Å²) in [6, 6.07) is 58.3. The number of hydrogen-bond acceptors (Lipinski definition) is 2. The molecule has 0 unspecified atom stereocenters. The molecule has 0 fully saturated rings. The van der Waals surface area contributed by atoms with Gasteiger partial charge in [0.15, 0.2) is 0 Å². The van der Waals surface area contributed by atoms with E-state index in [1.165, 1.54) is 109 Å². The monoisotopic (exact) mass is 870 g/mol. The van der Waals surface area contributed by atoms with Gasteiger partial charge in [0.2, 0.25) is 0 Å². The fourth-order valence-corrected chi connectivity index (χ4v) is 17.1. The zero-order chi connectivity index (χ0) is 43.1. The highest BCUT2D eigenvalue weighted by Crippen LogP contribution is 2.65. The molecule has 2 heterocycles. The Bertz CT molecular complexity index is 2940. The largest absolute Gasteiger partial charge is 0.145 e. The predicted octanol–water partition coefficient (Wildman–Crippen LogP) is 15.2. The first kappa shape index (κ1) is 39.7. The molecule has 0 nitrogen and oxygen atoms in total. The molecule has 0 N–H and O–H groups in total. The van der Waals surface area contributed by atoms with Crippen molar-refractivity contribution in [3.63, 3.8) is 0 Å². The van der Waals surface area contributed by atoms with Crippen LogP contribution in [0.1, 0.15) is 66.8 Å². The summed E-state index contributed by atoms with van der Waals surface area (Å²) in [6.07, 6.45) is 0. The van der Waals surface area contributed by atoms with Gasteiger partial charge in [-0.25, -0.2) is 0 Å². The Morgan fingerprint density at radius 2 is 0.629 bits per heavy atom. The molecule has 9 aromatic rings. The molecule has 7 aromatic carbocycles. The van der Waals surface area contributed by atoms with Crippen LogP contribution in [-0.2, 0) is 10.8 Å². The summed E-state index contributed by atoms with van der Waals surface area (Å²) in [4.78, 5) is 0. The fourth-order valence-electron chi connectivity index (χ4n) is 10.8. The van der Waals surface area contributed by atoms with Crippen molar-refractivity contribution in [2.24, 2.45) is 0 Å². The number of hydrogen-bond donors (Lipinski definition) is 0. The van der Waals surface area contributed by atoms with E-state index in [9.17, 15) is 0 Å². The van der Waals surface area contributed by atoms with Gasteiger partial charge < -0.3 is 0 Å². The Labute approximate surface area is 378 Å². The summed E-state index contributed by atoms with van der Waals surface area (Å²) in [6.45, 7) is 23.8. The Balaban J connectivity index is 1.35. The van der Waals surface area contributed by atoms with E-state index in [0.29, 0.717) is 0 Å². The van der Waals surface area contributed by atoms with Crippen molar-refractivity contribution in [3.05, 3.63) is 212 Å². The maximum atomic E-state index is 2.67. The van der Waals surface area contributed by atoms with Crippen LogP contribution in [0.3, 0.4) is 0 Å². The lowest BCUT2D eigenvalue weighted by Gasteiger charge is -2.36. The third kappa shape index (κ3) is 5.59. The topological polar surface area (TPSA) is 0 Å². The molecule has 0 bridgehead atoms. The molecule has 4 heteroatoms. The number of aryl methyl sites for hydroxylation is 4. The standard InChI is InChI=1S/C58H54S2Si2/c1-35-11-21-41(22-12-35)57(42-23-13-36(2)14-24-42)49-33-48-46-30-20-40-32-52(62(8,9)10)60-56(40)54(46)58(43-25-15-37(3)16-26-43,44-27-17-38(4)18-28-44)50(48)34-47(49)45-29-19-39-31-51(61(5,6)7)59-55(39)53(45)57/h11-34H,1-10H3. The molecular weight excluding hydrogens is 817 g/mol. The van der Waals surface area contributed by atoms with Gasteiger partial charge >= 0.3 is 0 Å². The molecule has 0 saturated carbocycles. The zero-order valence-corrected chi connectivity index (χ0v) is 41.3. The van der Waals surface area contributed by atoms with Crippen molar-refractivity contribution < 1.29 is 0 Å².